The second-order valence-corrected chi connectivity index (χ2v) is 7.67. The Labute approximate surface area is 130 Å². The van der Waals surface area contributed by atoms with Crippen molar-refractivity contribution in [1.82, 2.24) is 5.32 Å². The Balaban J connectivity index is 1.85. The lowest BCUT2D eigenvalue weighted by atomic mass is 9.53. The van der Waals surface area contributed by atoms with Crippen LogP contribution in [0.3, 0.4) is 0 Å². The van der Waals surface area contributed by atoms with E-state index in [1.54, 1.807) is 0 Å². The summed E-state index contributed by atoms with van der Waals surface area (Å²) in [5, 5.41) is 3.69. The molecule has 3 atom stereocenters. The normalized spacial score (nSPS) is 33.5. The summed E-state index contributed by atoms with van der Waals surface area (Å²) in [5.74, 6) is 2.59. The van der Waals surface area contributed by atoms with Crippen molar-refractivity contribution in [1.29, 1.82) is 0 Å². The molecule has 0 amide bonds. The largest absolute Gasteiger partial charge is 0.316 e. The third-order valence-electron chi connectivity index (χ3n) is 6.25. The van der Waals surface area contributed by atoms with Crippen molar-refractivity contribution in [3.05, 3.63) is 35.9 Å². The van der Waals surface area contributed by atoms with E-state index >= 15 is 0 Å². The molecule has 116 valence electrons. The molecule has 1 heterocycles. The van der Waals surface area contributed by atoms with Crippen molar-refractivity contribution in [2.45, 2.75) is 52.4 Å². The van der Waals surface area contributed by atoms with Gasteiger partial charge in [0.05, 0.1) is 0 Å². The molecule has 1 heteroatoms. The van der Waals surface area contributed by atoms with Crippen molar-refractivity contribution >= 4 is 0 Å². The molecule has 1 aromatic rings. The summed E-state index contributed by atoms with van der Waals surface area (Å²) in [7, 11) is 0. The molecular formula is C20H31N. The molecule has 1 N–H and O–H groups in total. The van der Waals surface area contributed by atoms with Gasteiger partial charge in [-0.2, -0.15) is 0 Å². The van der Waals surface area contributed by atoms with Gasteiger partial charge in [-0.05, 0) is 67.5 Å². The summed E-state index contributed by atoms with van der Waals surface area (Å²) in [6.07, 6.45) is 8.49. The van der Waals surface area contributed by atoms with Gasteiger partial charge < -0.3 is 5.32 Å². The number of benzene rings is 1. The standard InChI is InChI=1S/C20H31N/c1-16(2)19-10-6-7-11-20(19)12-13-21-15-18(20)14-17-8-4-3-5-9-17/h3-5,8-9,16,18-19,21H,6-7,10-15H2,1-2H3. The van der Waals surface area contributed by atoms with E-state index in [4.69, 9.17) is 0 Å². The van der Waals surface area contributed by atoms with E-state index < -0.39 is 0 Å². The van der Waals surface area contributed by atoms with E-state index in [0.717, 1.165) is 17.8 Å². The van der Waals surface area contributed by atoms with Gasteiger partial charge in [-0.25, -0.2) is 0 Å². The highest BCUT2D eigenvalue weighted by atomic mass is 14.9. The lowest BCUT2D eigenvalue weighted by Gasteiger charge is -2.54. The molecule has 1 saturated heterocycles. The van der Waals surface area contributed by atoms with Crippen LogP contribution >= 0.6 is 0 Å². The fourth-order valence-corrected chi connectivity index (χ4v) is 5.28. The summed E-state index contributed by atoms with van der Waals surface area (Å²) in [6.45, 7) is 7.37. The predicted octanol–water partition coefficient (Wildman–Crippen LogP) is 4.67. The molecule has 2 aliphatic rings. The number of piperidine rings is 1. The summed E-state index contributed by atoms with van der Waals surface area (Å²) in [4.78, 5) is 0. The molecule has 1 spiro atoms. The third kappa shape index (κ3) is 3.04. The molecule has 21 heavy (non-hydrogen) atoms. The van der Waals surface area contributed by atoms with E-state index in [2.05, 4.69) is 49.5 Å². The molecule has 0 aromatic heterocycles. The van der Waals surface area contributed by atoms with Gasteiger partial charge in [0.15, 0.2) is 0 Å². The topological polar surface area (TPSA) is 12.0 Å². The molecule has 0 bridgehead atoms. The minimum absolute atomic E-state index is 0.605. The van der Waals surface area contributed by atoms with Crippen LogP contribution in [0.15, 0.2) is 30.3 Å². The molecule has 1 saturated carbocycles. The van der Waals surface area contributed by atoms with E-state index in [9.17, 15) is 0 Å². The Hall–Kier alpha value is -0.820. The van der Waals surface area contributed by atoms with Crippen molar-refractivity contribution < 1.29 is 0 Å². The van der Waals surface area contributed by atoms with Crippen molar-refractivity contribution in [3.63, 3.8) is 0 Å². The van der Waals surface area contributed by atoms with Gasteiger partial charge in [0.2, 0.25) is 0 Å². The lowest BCUT2D eigenvalue weighted by molar-refractivity contribution is -0.0261. The maximum Gasteiger partial charge on any atom is -0.00119 e. The van der Waals surface area contributed by atoms with Crippen molar-refractivity contribution in [3.8, 4) is 0 Å². The first-order chi connectivity index (χ1) is 10.2. The van der Waals surface area contributed by atoms with E-state index in [1.165, 1.54) is 57.2 Å². The van der Waals surface area contributed by atoms with Gasteiger partial charge in [0, 0.05) is 0 Å². The summed E-state index contributed by atoms with van der Waals surface area (Å²) in [5.41, 5.74) is 2.13. The maximum absolute atomic E-state index is 3.69. The fraction of sp³-hybridized carbons (Fsp3) is 0.700. The average molecular weight is 285 g/mol. The third-order valence-corrected chi connectivity index (χ3v) is 6.25. The highest BCUT2D eigenvalue weighted by Crippen LogP contribution is 2.53. The Morgan fingerprint density at radius 2 is 1.95 bits per heavy atom. The molecule has 1 aliphatic heterocycles. The van der Waals surface area contributed by atoms with Gasteiger partial charge in [0.25, 0.3) is 0 Å². The Kier molecular flexibility index (Phi) is 4.69. The van der Waals surface area contributed by atoms with E-state index in [1.807, 2.05) is 0 Å². The van der Waals surface area contributed by atoms with Crippen LogP contribution < -0.4 is 5.32 Å². The second-order valence-electron chi connectivity index (χ2n) is 7.67. The fourth-order valence-electron chi connectivity index (χ4n) is 5.28. The first-order valence-corrected chi connectivity index (χ1v) is 8.97. The summed E-state index contributed by atoms with van der Waals surface area (Å²) < 4.78 is 0. The lowest BCUT2D eigenvalue weighted by Crippen LogP contribution is -2.52. The van der Waals surface area contributed by atoms with Crippen LogP contribution in [0.5, 0.6) is 0 Å². The van der Waals surface area contributed by atoms with Gasteiger partial charge >= 0.3 is 0 Å². The number of nitrogens with one attached hydrogen (secondary N) is 1. The van der Waals surface area contributed by atoms with Gasteiger partial charge in [-0.1, -0.05) is 57.0 Å². The van der Waals surface area contributed by atoms with Crippen molar-refractivity contribution in [2.24, 2.45) is 23.2 Å². The first kappa shape index (κ1) is 15.1. The average Bonchev–Trinajstić information content (AvgIpc) is 2.51. The Morgan fingerprint density at radius 3 is 2.71 bits per heavy atom. The smallest absolute Gasteiger partial charge is 0.00119 e. The van der Waals surface area contributed by atoms with Crippen LogP contribution in [0.25, 0.3) is 0 Å². The first-order valence-electron chi connectivity index (χ1n) is 8.97. The summed E-state index contributed by atoms with van der Waals surface area (Å²) in [6, 6.07) is 11.2. The zero-order valence-electron chi connectivity index (χ0n) is 13.8. The molecule has 1 aliphatic carbocycles. The van der Waals surface area contributed by atoms with Crippen molar-refractivity contribution in [2.75, 3.05) is 13.1 Å². The minimum atomic E-state index is 0.605. The van der Waals surface area contributed by atoms with Crippen LogP contribution in [0, 0.1) is 23.2 Å². The SMILES string of the molecule is CC(C)C1CCCCC12CCNCC2Cc1ccccc1. The number of hydrogen-bond acceptors (Lipinski definition) is 1. The molecule has 1 aromatic carbocycles. The molecule has 3 unspecified atom stereocenters. The van der Waals surface area contributed by atoms with Crippen LogP contribution in [0.4, 0.5) is 0 Å². The number of hydrogen-bond donors (Lipinski definition) is 1. The predicted molar refractivity (Wildman–Crippen MR) is 90.4 cm³/mol. The Bertz CT molecular complexity index is 432. The Morgan fingerprint density at radius 1 is 1.14 bits per heavy atom. The van der Waals surface area contributed by atoms with E-state index in [-0.39, 0.29) is 0 Å². The quantitative estimate of drug-likeness (QED) is 0.851. The van der Waals surface area contributed by atoms with E-state index in [0.29, 0.717) is 5.41 Å². The highest BCUT2D eigenvalue weighted by Gasteiger charge is 2.48. The zero-order valence-corrected chi connectivity index (χ0v) is 13.8. The van der Waals surface area contributed by atoms with Crippen LogP contribution in [-0.4, -0.2) is 13.1 Å². The van der Waals surface area contributed by atoms with Crippen LogP contribution in [0.2, 0.25) is 0 Å². The molecule has 2 fully saturated rings. The maximum atomic E-state index is 3.69. The van der Waals surface area contributed by atoms with Gasteiger partial charge in [-0.15, -0.1) is 0 Å². The molecule has 1 nitrogen and oxygen atoms in total. The number of rotatable bonds is 3. The minimum Gasteiger partial charge on any atom is -0.316 e. The van der Waals surface area contributed by atoms with Crippen LogP contribution in [0.1, 0.15) is 51.5 Å². The molecule has 0 radical (unpaired) electrons. The molecule has 3 rings (SSSR count). The second kappa shape index (κ2) is 6.52. The highest BCUT2D eigenvalue weighted by molar-refractivity contribution is 5.17. The monoisotopic (exact) mass is 285 g/mol. The summed E-state index contributed by atoms with van der Waals surface area (Å²) >= 11 is 0. The van der Waals surface area contributed by atoms with Gasteiger partial charge in [-0.3, -0.25) is 0 Å². The van der Waals surface area contributed by atoms with Gasteiger partial charge in [0.1, 0.15) is 0 Å². The zero-order chi connectivity index (χ0) is 14.7. The van der Waals surface area contributed by atoms with Crippen LogP contribution in [-0.2, 0) is 6.42 Å². The molecular weight excluding hydrogens is 254 g/mol.